The number of nitrogens with zero attached hydrogens (tertiary/aromatic N) is 5. The fraction of sp³-hybridized carbons (Fsp3) is 0.580. The summed E-state index contributed by atoms with van der Waals surface area (Å²) in [5.74, 6) is 1.96. The minimum Gasteiger partial charge on any atom is -0.483 e. The molecular formula is C50H75N9O7. The summed E-state index contributed by atoms with van der Waals surface area (Å²) < 4.78 is 0. The van der Waals surface area contributed by atoms with Crippen LogP contribution in [0.4, 0.5) is 17.2 Å². The van der Waals surface area contributed by atoms with Crippen molar-refractivity contribution in [2.75, 3.05) is 82.1 Å². The Kier molecular flexibility index (Phi) is 21.8. The first-order valence-electron chi connectivity index (χ1n) is 23.7. The van der Waals surface area contributed by atoms with Crippen molar-refractivity contribution < 1.29 is 33.9 Å². The maximum atomic E-state index is 13.3. The molecule has 2 aromatic carbocycles. The van der Waals surface area contributed by atoms with Crippen molar-refractivity contribution in [3.63, 3.8) is 0 Å². The number of likely N-dealkylation sites (tertiary alicyclic amines) is 1. The molecule has 4 fully saturated rings. The first-order chi connectivity index (χ1) is 31.9. The molecule has 16 heteroatoms. The highest BCUT2D eigenvalue weighted by molar-refractivity contribution is 6.03. The molecule has 3 aromatic rings. The topological polar surface area (TPSA) is 200 Å². The van der Waals surface area contributed by atoms with Gasteiger partial charge in [-0.15, -0.1) is 0 Å². The number of likely N-dealkylation sites (N-methyl/N-ethyl adjacent to an activating group) is 1. The van der Waals surface area contributed by atoms with Crippen LogP contribution in [0.3, 0.4) is 0 Å². The SMILES string of the molecule is CCCC(C=O)N(C)C(=O)c1cc(N2CCC(CN3CCC4(CCN(c5ccc(C=O)cc5)CC4)C3)CC2)ccc1C=O.CNC=O.CNc1cc(C2CCC(NC(C)C)C2)[nH]n1.O=CO. The van der Waals surface area contributed by atoms with Crippen LogP contribution >= 0.6 is 0 Å². The monoisotopic (exact) mass is 914 g/mol. The second-order valence-corrected chi connectivity index (χ2v) is 18.4. The number of carboxylic acid groups (broad SMARTS) is 1. The minimum atomic E-state index is -0.490. The number of aromatic amines is 1. The number of anilines is 3. The minimum absolute atomic E-state index is 0.250. The van der Waals surface area contributed by atoms with Crippen LogP contribution in [-0.2, 0) is 14.4 Å². The second-order valence-electron chi connectivity index (χ2n) is 18.4. The lowest BCUT2D eigenvalue weighted by atomic mass is 9.77. The van der Waals surface area contributed by atoms with Crippen LogP contribution in [0.15, 0.2) is 48.5 Å². The third-order valence-corrected chi connectivity index (χ3v) is 13.6. The van der Waals surface area contributed by atoms with Crippen molar-refractivity contribution in [2.24, 2.45) is 11.3 Å². The molecule has 1 saturated carbocycles. The van der Waals surface area contributed by atoms with Crippen molar-refractivity contribution in [3.8, 4) is 0 Å². The summed E-state index contributed by atoms with van der Waals surface area (Å²) in [4.78, 5) is 74.0. The number of carbonyl (C=O) groups is 6. The molecule has 3 unspecified atom stereocenters. The van der Waals surface area contributed by atoms with Crippen molar-refractivity contribution in [1.82, 2.24) is 30.6 Å². The normalized spacial score (nSPS) is 19.5. The van der Waals surface area contributed by atoms with Gasteiger partial charge in [-0.05, 0) is 118 Å². The van der Waals surface area contributed by atoms with Gasteiger partial charge in [-0.25, -0.2) is 0 Å². The Morgan fingerprint density at radius 1 is 0.894 bits per heavy atom. The van der Waals surface area contributed by atoms with E-state index in [1.165, 1.54) is 67.9 Å². The lowest BCUT2D eigenvalue weighted by Crippen LogP contribution is -2.43. The van der Waals surface area contributed by atoms with Gasteiger partial charge in [0, 0.05) is 113 Å². The number of aldehydes is 3. The summed E-state index contributed by atoms with van der Waals surface area (Å²) in [5, 5.41) is 23.1. The lowest BCUT2D eigenvalue weighted by Gasteiger charge is -2.41. The largest absolute Gasteiger partial charge is 0.483 e. The molecule has 3 saturated heterocycles. The van der Waals surface area contributed by atoms with Gasteiger partial charge in [0.05, 0.1) is 11.6 Å². The molecule has 4 aliphatic rings. The van der Waals surface area contributed by atoms with E-state index in [-0.39, 0.29) is 12.4 Å². The molecule has 66 heavy (non-hydrogen) atoms. The van der Waals surface area contributed by atoms with E-state index in [1.54, 1.807) is 20.2 Å². The number of benzene rings is 2. The van der Waals surface area contributed by atoms with E-state index in [0.717, 1.165) is 87.9 Å². The smallest absolute Gasteiger partial charge is 0.290 e. The van der Waals surface area contributed by atoms with Crippen LogP contribution in [-0.4, -0.2) is 148 Å². The fourth-order valence-electron chi connectivity index (χ4n) is 9.91. The van der Waals surface area contributed by atoms with Gasteiger partial charge in [0.1, 0.15) is 18.4 Å². The van der Waals surface area contributed by atoms with Gasteiger partial charge >= 0.3 is 0 Å². The molecule has 2 amide bonds. The van der Waals surface area contributed by atoms with Gasteiger partial charge in [-0.3, -0.25) is 29.1 Å². The predicted octanol–water partition coefficient (Wildman–Crippen LogP) is 6.11. The quantitative estimate of drug-likeness (QED) is 0.103. The molecule has 4 heterocycles. The summed E-state index contributed by atoms with van der Waals surface area (Å²) in [7, 11) is 5.11. The molecule has 5 N–H and O–H groups in total. The fourth-order valence-corrected chi connectivity index (χ4v) is 9.91. The molecule has 3 aliphatic heterocycles. The Morgan fingerprint density at radius 3 is 2.09 bits per heavy atom. The molecule has 0 bridgehead atoms. The molecule has 1 spiro atoms. The second kappa shape index (κ2) is 27.1. The maximum absolute atomic E-state index is 13.3. The molecule has 0 radical (unpaired) electrons. The van der Waals surface area contributed by atoms with E-state index < -0.39 is 6.04 Å². The van der Waals surface area contributed by atoms with Crippen LogP contribution in [0, 0.1) is 11.3 Å². The summed E-state index contributed by atoms with van der Waals surface area (Å²) in [5.41, 5.74) is 5.34. The first-order valence-corrected chi connectivity index (χ1v) is 23.7. The van der Waals surface area contributed by atoms with Gasteiger partial charge in [0.15, 0.2) is 6.29 Å². The molecule has 3 atom stereocenters. The number of piperidine rings is 2. The summed E-state index contributed by atoms with van der Waals surface area (Å²) in [6.45, 7) is 13.7. The van der Waals surface area contributed by atoms with Gasteiger partial charge in [-0.2, -0.15) is 5.10 Å². The highest BCUT2D eigenvalue weighted by atomic mass is 16.3. The highest BCUT2D eigenvalue weighted by Gasteiger charge is 2.41. The van der Waals surface area contributed by atoms with Gasteiger partial charge in [-0.1, -0.05) is 27.2 Å². The summed E-state index contributed by atoms with van der Waals surface area (Å²) >= 11 is 0. The number of amides is 2. The molecule has 362 valence electrons. The van der Waals surface area contributed by atoms with E-state index in [2.05, 4.69) is 72.9 Å². The Morgan fingerprint density at radius 2 is 1.53 bits per heavy atom. The molecule has 16 nitrogen and oxygen atoms in total. The first kappa shape index (κ1) is 53.0. The Hall–Kier alpha value is -5.61. The van der Waals surface area contributed by atoms with E-state index >= 15 is 0 Å². The van der Waals surface area contributed by atoms with E-state index in [9.17, 15) is 19.2 Å². The average Bonchev–Trinajstić information content (AvgIpc) is 4.12. The number of hydrogen-bond acceptors (Lipinski definition) is 12. The Bertz CT molecular complexity index is 1960. The summed E-state index contributed by atoms with van der Waals surface area (Å²) in [6, 6.07) is 16.4. The van der Waals surface area contributed by atoms with Gasteiger partial charge in [0.2, 0.25) is 6.41 Å². The van der Waals surface area contributed by atoms with Crippen molar-refractivity contribution in [3.05, 3.63) is 70.9 Å². The Balaban J connectivity index is 0.000000340. The number of carbonyl (C=O) groups excluding carboxylic acids is 5. The average molecular weight is 914 g/mol. The van der Waals surface area contributed by atoms with E-state index in [4.69, 9.17) is 14.7 Å². The van der Waals surface area contributed by atoms with Gasteiger partial charge < -0.3 is 45.5 Å². The number of hydrogen-bond donors (Lipinski definition) is 5. The van der Waals surface area contributed by atoms with Crippen molar-refractivity contribution in [2.45, 2.75) is 109 Å². The Labute approximate surface area is 391 Å². The standard InChI is InChI=1S/C35H46N4O4.C12H22N4.C2H5NO.CH2O2/c1-3-4-32(25-42)36(2)34(43)33-21-31(10-7-29(33)24-41)38-16-11-27(12-17-38)22-37-18-13-35(26-37)14-19-39(20-15-35)30-8-5-28(23-40)6-9-30;1-8(2)14-10-5-4-9(6-10)11-7-12(13-3)16-15-11;1-3-2-4;2-1-3/h5-10,21,23-25,27,32H,3-4,11-20,22,26H2,1-2H3;7-10,14H,4-6H2,1-3H3,(H2,13,15,16);2H,1H3,(H,3,4);1H,(H,2,3). The zero-order chi connectivity index (χ0) is 48.1. The predicted molar refractivity (Wildman–Crippen MR) is 261 cm³/mol. The van der Waals surface area contributed by atoms with Crippen LogP contribution in [0.2, 0.25) is 0 Å². The zero-order valence-electron chi connectivity index (χ0n) is 40.0. The lowest BCUT2D eigenvalue weighted by molar-refractivity contribution is -0.123. The number of nitrogens with one attached hydrogen (secondary N) is 4. The number of aromatic nitrogens is 2. The maximum Gasteiger partial charge on any atom is 0.290 e. The zero-order valence-corrected chi connectivity index (χ0v) is 40.0. The van der Waals surface area contributed by atoms with Crippen molar-refractivity contribution >= 4 is 54.8 Å². The van der Waals surface area contributed by atoms with E-state index in [1.807, 2.05) is 38.2 Å². The number of H-pyrrole nitrogens is 1. The molecule has 7 rings (SSSR count). The summed E-state index contributed by atoms with van der Waals surface area (Å²) in [6.07, 6.45) is 14.2. The highest BCUT2D eigenvalue weighted by Crippen LogP contribution is 2.42. The van der Waals surface area contributed by atoms with Crippen LogP contribution in [0.25, 0.3) is 0 Å². The molecule has 1 aromatic heterocycles. The molecular weight excluding hydrogens is 839 g/mol. The van der Waals surface area contributed by atoms with Crippen LogP contribution in [0.1, 0.15) is 128 Å². The van der Waals surface area contributed by atoms with Crippen molar-refractivity contribution in [1.29, 1.82) is 0 Å². The van der Waals surface area contributed by atoms with Gasteiger partial charge in [0.25, 0.3) is 12.4 Å². The molecule has 1 aliphatic carbocycles. The number of rotatable bonds is 16. The van der Waals surface area contributed by atoms with Crippen LogP contribution < -0.4 is 25.8 Å². The third kappa shape index (κ3) is 15.2. The van der Waals surface area contributed by atoms with E-state index in [0.29, 0.717) is 53.3 Å². The van der Waals surface area contributed by atoms with Crippen LogP contribution in [0.5, 0.6) is 0 Å². The third-order valence-electron chi connectivity index (χ3n) is 13.6.